The van der Waals surface area contributed by atoms with E-state index >= 15 is 0 Å². The molecule has 0 N–H and O–H groups in total. The smallest absolute Gasteiger partial charge is 0.242 e. The van der Waals surface area contributed by atoms with Gasteiger partial charge < -0.3 is 9.47 Å². The van der Waals surface area contributed by atoms with Crippen LogP contribution in [0.5, 0.6) is 0 Å². The number of rotatable bonds is 10. The van der Waals surface area contributed by atoms with E-state index in [1.165, 1.54) is 21.6 Å². The maximum atomic E-state index is 11.9. The van der Waals surface area contributed by atoms with Crippen LogP contribution in [0.3, 0.4) is 0 Å². The van der Waals surface area contributed by atoms with E-state index in [0.29, 0.717) is 13.2 Å². The highest BCUT2D eigenvalue weighted by Crippen LogP contribution is 2.22. The molecule has 0 saturated carbocycles. The largest absolute Gasteiger partial charge is 0.377 e. The second-order valence-electron chi connectivity index (χ2n) is 5.48. The number of thioether (sulfide) groups is 1. The lowest BCUT2D eigenvalue weighted by molar-refractivity contribution is -0.141. The van der Waals surface area contributed by atoms with Crippen LogP contribution < -0.4 is 0 Å². The summed E-state index contributed by atoms with van der Waals surface area (Å²) in [5.74, 6) is -0.599. The molecule has 1 atom stereocenters. The average molecular weight is 358 g/mol. The standard InChI is InChI=1S/C15H22N2O6S/c1-24-11-10-14(20)17(15(11)21)5-7-23-9-8-22-6-4-16-12(18)2-3-13(16)19/h11H,2-10H2,1H3. The van der Waals surface area contributed by atoms with Crippen molar-refractivity contribution in [2.75, 3.05) is 45.8 Å². The molecule has 0 spiro atoms. The molecule has 2 aliphatic heterocycles. The van der Waals surface area contributed by atoms with Crippen LogP contribution in [0, 0.1) is 0 Å². The number of nitrogens with zero attached hydrogens (tertiary/aromatic N) is 2. The van der Waals surface area contributed by atoms with E-state index < -0.39 is 0 Å². The Morgan fingerprint density at radius 1 is 0.875 bits per heavy atom. The van der Waals surface area contributed by atoms with Crippen LogP contribution in [0.4, 0.5) is 0 Å². The Bertz CT molecular complexity index is 496. The number of amides is 4. The zero-order chi connectivity index (χ0) is 17.5. The zero-order valence-corrected chi connectivity index (χ0v) is 14.5. The maximum Gasteiger partial charge on any atom is 0.242 e. The molecule has 0 bridgehead atoms. The number of imide groups is 2. The Kier molecular flexibility index (Phi) is 7.19. The number of carbonyl (C=O) groups is 4. The minimum Gasteiger partial charge on any atom is -0.377 e. The van der Waals surface area contributed by atoms with Crippen LogP contribution in [0.25, 0.3) is 0 Å². The van der Waals surface area contributed by atoms with Crippen LogP contribution in [-0.4, -0.2) is 84.5 Å². The predicted molar refractivity (Wildman–Crippen MR) is 86.2 cm³/mol. The highest BCUT2D eigenvalue weighted by molar-refractivity contribution is 8.00. The summed E-state index contributed by atoms with van der Waals surface area (Å²) < 4.78 is 10.7. The van der Waals surface area contributed by atoms with E-state index in [0.717, 1.165) is 0 Å². The molecule has 2 heterocycles. The number of hydrogen-bond donors (Lipinski definition) is 0. The SMILES string of the molecule is CSC1CC(=O)N(CCOCCOCCN2C(=O)CCC2=O)C1=O. The highest BCUT2D eigenvalue weighted by atomic mass is 32.2. The van der Waals surface area contributed by atoms with Gasteiger partial charge in [0.05, 0.1) is 44.8 Å². The number of ether oxygens (including phenoxy) is 2. The summed E-state index contributed by atoms with van der Waals surface area (Å²) in [5.41, 5.74) is 0. The first-order valence-electron chi connectivity index (χ1n) is 7.90. The lowest BCUT2D eigenvalue weighted by atomic mass is 10.4. The van der Waals surface area contributed by atoms with E-state index in [9.17, 15) is 19.2 Å². The minimum absolute atomic E-state index is 0.146. The molecule has 2 aliphatic rings. The lowest BCUT2D eigenvalue weighted by Gasteiger charge is -2.15. The summed E-state index contributed by atoms with van der Waals surface area (Å²) in [5, 5.41) is -0.267. The van der Waals surface area contributed by atoms with Gasteiger partial charge in [0.2, 0.25) is 23.6 Å². The molecule has 4 amide bonds. The van der Waals surface area contributed by atoms with Crippen molar-refractivity contribution in [3.63, 3.8) is 0 Å². The number of carbonyl (C=O) groups excluding carboxylic acids is 4. The molecule has 0 radical (unpaired) electrons. The second-order valence-corrected chi connectivity index (χ2v) is 6.52. The van der Waals surface area contributed by atoms with E-state index in [4.69, 9.17) is 9.47 Å². The zero-order valence-electron chi connectivity index (χ0n) is 13.7. The molecule has 0 aromatic carbocycles. The lowest BCUT2D eigenvalue weighted by Crippen LogP contribution is -2.34. The van der Waals surface area contributed by atoms with Gasteiger partial charge in [0.25, 0.3) is 0 Å². The van der Waals surface area contributed by atoms with Gasteiger partial charge in [-0.1, -0.05) is 0 Å². The summed E-state index contributed by atoms with van der Waals surface area (Å²) in [7, 11) is 0. The summed E-state index contributed by atoms with van der Waals surface area (Å²) in [4.78, 5) is 48.8. The Balaban J connectivity index is 1.50. The molecular weight excluding hydrogens is 336 g/mol. The molecule has 0 aromatic rings. The fourth-order valence-corrected chi connectivity index (χ4v) is 3.22. The van der Waals surface area contributed by atoms with Crippen molar-refractivity contribution in [2.45, 2.75) is 24.5 Å². The van der Waals surface area contributed by atoms with Crippen molar-refractivity contribution < 1.29 is 28.7 Å². The fourth-order valence-electron chi connectivity index (χ4n) is 2.58. The molecule has 2 fully saturated rings. The Morgan fingerprint density at radius 2 is 1.42 bits per heavy atom. The molecule has 0 aliphatic carbocycles. The summed E-state index contributed by atoms with van der Waals surface area (Å²) >= 11 is 1.39. The first-order chi connectivity index (χ1) is 11.5. The van der Waals surface area contributed by atoms with E-state index in [-0.39, 0.29) is 74.4 Å². The van der Waals surface area contributed by atoms with Crippen molar-refractivity contribution in [1.29, 1.82) is 0 Å². The number of hydrogen-bond acceptors (Lipinski definition) is 7. The monoisotopic (exact) mass is 358 g/mol. The van der Waals surface area contributed by atoms with Crippen molar-refractivity contribution >= 4 is 35.4 Å². The first-order valence-corrected chi connectivity index (χ1v) is 9.19. The molecule has 2 rings (SSSR count). The summed E-state index contributed by atoms with van der Waals surface area (Å²) in [6.45, 7) is 1.72. The van der Waals surface area contributed by atoms with Crippen molar-refractivity contribution in [1.82, 2.24) is 9.80 Å². The molecule has 134 valence electrons. The van der Waals surface area contributed by atoms with E-state index in [1.54, 1.807) is 0 Å². The van der Waals surface area contributed by atoms with Gasteiger partial charge in [-0.15, -0.1) is 0 Å². The minimum atomic E-state index is -0.267. The van der Waals surface area contributed by atoms with Crippen LogP contribution in [-0.2, 0) is 28.7 Å². The molecule has 9 heteroatoms. The van der Waals surface area contributed by atoms with Gasteiger partial charge in [0.15, 0.2) is 0 Å². The molecular formula is C15H22N2O6S. The molecule has 0 aromatic heterocycles. The van der Waals surface area contributed by atoms with Crippen molar-refractivity contribution in [3.8, 4) is 0 Å². The molecule has 8 nitrogen and oxygen atoms in total. The van der Waals surface area contributed by atoms with Crippen LogP contribution in [0.2, 0.25) is 0 Å². The summed E-state index contributed by atoms with van der Waals surface area (Å²) in [6.07, 6.45) is 2.65. The van der Waals surface area contributed by atoms with Gasteiger partial charge in [-0.25, -0.2) is 0 Å². The summed E-state index contributed by atoms with van der Waals surface area (Å²) in [6, 6.07) is 0. The van der Waals surface area contributed by atoms with Gasteiger partial charge >= 0.3 is 0 Å². The van der Waals surface area contributed by atoms with Crippen molar-refractivity contribution in [2.24, 2.45) is 0 Å². The fraction of sp³-hybridized carbons (Fsp3) is 0.733. The topological polar surface area (TPSA) is 93.2 Å². The third kappa shape index (κ3) is 4.78. The number of likely N-dealkylation sites (tertiary alicyclic amines) is 2. The average Bonchev–Trinajstić information content (AvgIpc) is 3.03. The Morgan fingerprint density at radius 3 is 1.92 bits per heavy atom. The van der Waals surface area contributed by atoms with E-state index in [1.807, 2.05) is 6.26 Å². The normalized spacial score (nSPS) is 21.5. The molecule has 1 unspecified atom stereocenters. The molecule has 2 saturated heterocycles. The molecule has 24 heavy (non-hydrogen) atoms. The highest BCUT2D eigenvalue weighted by Gasteiger charge is 2.37. The van der Waals surface area contributed by atoms with E-state index in [2.05, 4.69) is 0 Å². The first kappa shape index (κ1) is 18.9. The quantitative estimate of drug-likeness (QED) is 0.389. The maximum absolute atomic E-state index is 11.9. The third-order valence-electron chi connectivity index (χ3n) is 3.93. The van der Waals surface area contributed by atoms with Crippen LogP contribution >= 0.6 is 11.8 Å². The van der Waals surface area contributed by atoms with Gasteiger partial charge in [0.1, 0.15) is 0 Å². The Labute approximate surface area is 144 Å². The van der Waals surface area contributed by atoms with Gasteiger partial charge in [-0.05, 0) is 6.26 Å². The second kappa shape index (κ2) is 9.14. The Hall–Kier alpha value is -1.45. The van der Waals surface area contributed by atoms with Crippen LogP contribution in [0.15, 0.2) is 0 Å². The van der Waals surface area contributed by atoms with Gasteiger partial charge in [-0.3, -0.25) is 29.0 Å². The van der Waals surface area contributed by atoms with Crippen molar-refractivity contribution in [3.05, 3.63) is 0 Å². The van der Waals surface area contributed by atoms with Gasteiger partial charge in [-0.2, -0.15) is 11.8 Å². The predicted octanol–water partition coefficient (Wildman–Crippen LogP) is -0.341. The van der Waals surface area contributed by atoms with Gasteiger partial charge in [0, 0.05) is 19.3 Å². The third-order valence-corrected chi connectivity index (χ3v) is 4.87. The van der Waals surface area contributed by atoms with Crippen LogP contribution in [0.1, 0.15) is 19.3 Å².